The summed E-state index contributed by atoms with van der Waals surface area (Å²) >= 11 is 0. The molecule has 2 aliphatic rings. The van der Waals surface area contributed by atoms with Crippen molar-refractivity contribution in [2.45, 2.75) is 19.8 Å². The number of rotatable bonds is 5. The van der Waals surface area contributed by atoms with Crippen LogP contribution in [0.3, 0.4) is 0 Å². The molecule has 0 bridgehead atoms. The van der Waals surface area contributed by atoms with Gasteiger partial charge in [-0.25, -0.2) is 4.99 Å². The Bertz CT molecular complexity index is 527. The molecule has 1 aromatic rings. The van der Waals surface area contributed by atoms with Gasteiger partial charge in [0.25, 0.3) is 0 Å². The number of hydrogen-bond acceptors (Lipinski definition) is 4. The van der Waals surface area contributed by atoms with Crippen molar-refractivity contribution in [3.8, 4) is 17.2 Å². The van der Waals surface area contributed by atoms with Crippen LogP contribution in [0.2, 0.25) is 0 Å². The SMILES string of the molecule is CCNC(=NCCOc1ccc2c(c1)OCO2)N1CCCC1. The summed E-state index contributed by atoms with van der Waals surface area (Å²) in [6.45, 7) is 6.62. The van der Waals surface area contributed by atoms with E-state index < -0.39 is 0 Å². The summed E-state index contributed by atoms with van der Waals surface area (Å²) in [5, 5.41) is 3.34. The third kappa shape index (κ3) is 3.55. The van der Waals surface area contributed by atoms with Crippen LogP contribution in [0, 0.1) is 0 Å². The number of nitrogens with one attached hydrogen (secondary N) is 1. The summed E-state index contributed by atoms with van der Waals surface area (Å²) < 4.78 is 16.4. The van der Waals surface area contributed by atoms with E-state index >= 15 is 0 Å². The van der Waals surface area contributed by atoms with Gasteiger partial charge in [0, 0.05) is 25.7 Å². The van der Waals surface area contributed by atoms with Gasteiger partial charge in [-0.1, -0.05) is 0 Å². The van der Waals surface area contributed by atoms with E-state index in [0.717, 1.165) is 42.8 Å². The zero-order valence-corrected chi connectivity index (χ0v) is 13.0. The third-order valence-corrected chi connectivity index (χ3v) is 3.71. The molecule has 6 nitrogen and oxygen atoms in total. The maximum atomic E-state index is 5.73. The highest BCUT2D eigenvalue weighted by Crippen LogP contribution is 2.34. The Morgan fingerprint density at radius 2 is 2.09 bits per heavy atom. The smallest absolute Gasteiger partial charge is 0.231 e. The second-order valence-electron chi connectivity index (χ2n) is 5.29. The van der Waals surface area contributed by atoms with Crippen molar-refractivity contribution in [1.29, 1.82) is 0 Å². The van der Waals surface area contributed by atoms with E-state index in [2.05, 4.69) is 22.1 Å². The molecule has 0 atom stereocenters. The summed E-state index contributed by atoms with van der Waals surface area (Å²) in [4.78, 5) is 6.94. The van der Waals surface area contributed by atoms with Crippen molar-refractivity contribution in [2.75, 3.05) is 39.6 Å². The predicted octanol–water partition coefficient (Wildman–Crippen LogP) is 1.86. The number of likely N-dealkylation sites (tertiary alicyclic amines) is 1. The Kier molecular flexibility index (Phi) is 4.88. The van der Waals surface area contributed by atoms with Crippen LogP contribution in [0.1, 0.15) is 19.8 Å². The van der Waals surface area contributed by atoms with Crippen molar-refractivity contribution in [1.82, 2.24) is 10.2 Å². The molecule has 3 rings (SSSR count). The zero-order chi connectivity index (χ0) is 15.2. The van der Waals surface area contributed by atoms with E-state index in [0.29, 0.717) is 13.2 Å². The Hall–Kier alpha value is -2.11. The van der Waals surface area contributed by atoms with E-state index in [1.807, 2.05) is 18.2 Å². The molecule has 0 amide bonds. The van der Waals surface area contributed by atoms with Gasteiger partial charge < -0.3 is 24.4 Å². The number of nitrogens with zero attached hydrogens (tertiary/aromatic N) is 2. The van der Waals surface area contributed by atoms with Gasteiger partial charge in [0.05, 0.1) is 6.54 Å². The highest BCUT2D eigenvalue weighted by Gasteiger charge is 2.15. The van der Waals surface area contributed by atoms with Gasteiger partial charge in [0.2, 0.25) is 6.79 Å². The van der Waals surface area contributed by atoms with Crippen molar-refractivity contribution >= 4 is 5.96 Å². The van der Waals surface area contributed by atoms with Crippen LogP contribution in [0.4, 0.5) is 0 Å². The fraction of sp³-hybridized carbons (Fsp3) is 0.562. The van der Waals surface area contributed by atoms with Gasteiger partial charge in [-0.15, -0.1) is 0 Å². The molecule has 0 saturated carbocycles. The average molecular weight is 305 g/mol. The van der Waals surface area contributed by atoms with Gasteiger partial charge in [-0.3, -0.25) is 0 Å². The van der Waals surface area contributed by atoms with Crippen LogP contribution in [0.25, 0.3) is 0 Å². The Balaban J connectivity index is 1.50. The van der Waals surface area contributed by atoms with Crippen LogP contribution in [0.15, 0.2) is 23.2 Å². The predicted molar refractivity (Wildman–Crippen MR) is 84.8 cm³/mol. The van der Waals surface area contributed by atoms with E-state index in [1.54, 1.807) is 0 Å². The summed E-state index contributed by atoms with van der Waals surface area (Å²) in [5.41, 5.74) is 0. The fourth-order valence-electron chi connectivity index (χ4n) is 2.64. The summed E-state index contributed by atoms with van der Waals surface area (Å²) in [6, 6.07) is 5.62. The second-order valence-corrected chi connectivity index (χ2v) is 5.29. The van der Waals surface area contributed by atoms with Crippen LogP contribution in [-0.2, 0) is 0 Å². The molecule has 1 N–H and O–H groups in total. The maximum Gasteiger partial charge on any atom is 0.231 e. The molecule has 1 aromatic carbocycles. The van der Waals surface area contributed by atoms with Gasteiger partial charge in [-0.05, 0) is 31.9 Å². The quantitative estimate of drug-likeness (QED) is 0.511. The number of fused-ring (bicyclic) bond motifs is 1. The minimum atomic E-state index is 0.283. The average Bonchev–Trinajstić information content (AvgIpc) is 3.20. The maximum absolute atomic E-state index is 5.73. The Labute approximate surface area is 131 Å². The number of aliphatic imine (C=N–C) groups is 1. The minimum Gasteiger partial charge on any atom is -0.492 e. The molecular formula is C16H23N3O3. The highest BCUT2D eigenvalue weighted by molar-refractivity contribution is 5.80. The summed E-state index contributed by atoms with van der Waals surface area (Å²) in [7, 11) is 0. The summed E-state index contributed by atoms with van der Waals surface area (Å²) in [6.07, 6.45) is 2.50. The topological polar surface area (TPSA) is 55.3 Å². The van der Waals surface area contributed by atoms with Crippen molar-refractivity contribution in [3.05, 3.63) is 18.2 Å². The molecule has 1 fully saturated rings. The van der Waals surface area contributed by atoms with Crippen LogP contribution in [-0.4, -0.2) is 50.4 Å². The van der Waals surface area contributed by atoms with E-state index in [4.69, 9.17) is 14.2 Å². The highest BCUT2D eigenvalue weighted by atomic mass is 16.7. The van der Waals surface area contributed by atoms with E-state index in [1.165, 1.54) is 12.8 Å². The van der Waals surface area contributed by atoms with Gasteiger partial charge in [0.15, 0.2) is 17.5 Å². The van der Waals surface area contributed by atoms with Gasteiger partial charge >= 0.3 is 0 Å². The van der Waals surface area contributed by atoms with E-state index in [9.17, 15) is 0 Å². The normalized spacial score (nSPS) is 17.0. The molecule has 6 heteroatoms. The Morgan fingerprint density at radius 1 is 1.27 bits per heavy atom. The first-order valence-electron chi connectivity index (χ1n) is 7.92. The van der Waals surface area contributed by atoms with E-state index in [-0.39, 0.29) is 6.79 Å². The lowest BCUT2D eigenvalue weighted by Crippen LogP contribution is -2.39. The monoisotopic (exact) mass is 305 g/mol. The number of ether oxygens (including phenoxy) is 3. The minimum absolute atomic E-state index is 0.283. The van der Waals surface area contributed by atoms with Crippen LogP contribution < -0.4 is 19.5 Å². The number of guanidine groups is 1. The molecule has 0 spiro atoms. The first-order valence-corrected chi connectivity index (χ1v) is 7.92. The molecule has 2 heterocycles. The molecule has 2 aliphatic heterocycles. The molecule has 22 heavy (non-hydrogen) atoms. The first kappa shape index (κ1) is 14.8. The number of benzene rings is 1. The second kappa shape index (κ2) is 7.24. The molecular weight excluding hydrogens is 282 g/mol. The van der Waals surface area contributed by atoms with Crippen molar-refractivity contribution in [2.24, 2.45) is 4.99 Å². The molecule has 0 radical (unpaired) electrons. The molecule has 0 unspecified atom stereocenters. The molecule has 1 saturated heterocycles. The molecule has 120 valence electrons. The number of hydrogen-bond donors (Lipinski definition) is 1. The molecule has 0 aliphatic carbocycles. The van der Waals surface area contributed by atoms with Gasteiger partial charge in [0.1, 0.15) is 12.4 Å². The van der Waals surface area contributed by atoms with Crippen LogP contribution in [0.5, 0.6) is 17.2 Å². The van der Waals surface area contributed by atoms with Gasteiger partial charge in [-0.2, -0.15) is 0 Å². The van der Waals surface area contributed by atoms with Crippen molar-refractivity contribution in [3.63, 3.8) is 0 Å². The lowest BCUT2D eigenvalue weighted by molar-refractivity contribution is 0.174. The fourth-order valence-corrected chi connectivity index (χ4v) is 2.64. The zero-order valence-electron chi connectivity index (χ0n) is 13.0. The Morgan fingerprint density at radius 3 is 2.91 bits per heavy atom. The van der Waals surface area contributed by atoms with Crippen LogP contribution >= 0.6 is 0 Å². The first-order chi connectivity index (χ1) is 10.9. The standard InChI is InChI=1S/C16H23N3O3/c1-2-17-16(19-8-3-4-9-19)18-7-10-20-13-5-6-14-15(11-13)22-12-21-14/h5-6,11H,2-4,7-10,12H2,1H3,(H,17,18). The lowest BCUT2D eigenvalue weighted by atomic mass is 10.3. The summed E-state index contributed by atoms with van der Waals surface area (Å²) in [5.74, 6) is 3.29. The third-order valence-electron chi connectivity index (χ3n) is 3.71. The lowest BCUT2D eigenvalue weighted by Gasteiger charge is -2.20. The molecule has 0 aromatic heterocycles. The van der Waals surface area contributed by atoms with Crippen molar-refractivity contribution < 1.29 is 14.2 Å². The largest absolute Gasteiger partial charge is 0.492 e.